The summed E-state index contributed by atoms with van der Waals surface area (Å²) in [7, 11) is 0. The minimum atomic E-state index is -0.903. The molecule has 1 fully saturated rings. The molecule has 2 aromatic rings. The van der Waals surface area contributed by atoms with E-state index in [-0.39, 0.29) is 17.7 Å². The maximum Gasteiger partial charge on any atom is 0.411 e. The molecule has 0 N–H and O–H groups in total. The number of carbonyl (C=O) groups is 3. The molecule has 1 amide bonds. The molecule has 1 saturated heterocycles. The average molecular weight is 526 g/mol. The molecule has 4 atom stereocenters. The lowest BCUT2D eigenvalue weighted by Gasteiger charge is -2.32. The number of hydrogen-bond acceptors (Lipinski definition) is 6. The third-order valence-electron chi connectivity index (χ3n) is 7.51. The van der Waals surface area contributed by atoms with Gasteiger partial charge in [-0.1, -0.05) is 24.6 Å². The van der Waals surface area contributed by atoms with Crippen LogP contribution in [0.5, 0.6) is 5.75 Å². The number of ether oxygens (including phenoxy) is 3. The molecule has 2 heterocycles. The zero-order valence-electron chi connectivity index (χ0n) is 21.8. The molecule has 0 aromatic heterocycles. The van der Waals surface area contributed by atoms with Crippen LogP contribution < -0.4 is 4.74 Å². The van der Waals surface area contributed by atoms with Crippen molar-refractivity contribution in [2.45, 2.75) is 84.3 Å². The molecular formula is C29H32ClNO6. The zero-order chi connectivity index (χ0) is 26.6. The van der Waals surface area contributed by atoms with Gasteiger partial charge in [-0.2, -0.15) is 0 Å². The summed E-state index contributed by atoms with van der Waals surface area (Å²) in [5.74, 6) is -0.0904. The van der Waals surface area contributed by atoms with Crippen molar-refractivity contribution >= 4 is 29.4 Å². The van der Waals surface area contributed by atoms with Crippen LogP contribution in [0, 0.1) is 5.92 Å². The molecule has 8 heteroatoms. The molecule has 0 bridgehead atoms. The van der Waals surface area contributed by atoms with Crippen molar-refractivity contribution in [2.75, 3.05) is 0 Å². The number of amides is 1. The van der Waals surface area contributed by atoms with Gasteiger partial charge in [0.1, 0.15) is 24.0 Å². The molecule has 196 valence electrons. The van der Waals surface area contributed by atoms with Gasteiger partial charge in [0, 0.05) is 22.2 Å². The van der Waals surface area contributed by atoms with Crippen molar-refractivity contribution in [1.82, 2.24) is 4.90 Å². The van der Waals surface area contributed by atoms with Crippen molar-refractivity contribution in [3.63, 3.8) is 0 Å². The molecule has 2 aliphatic heterocycles. The molecule has 7 nitrogen and oxygen atoms in total. The number of fused-ring (bicyclic) bond motifs is 4. The first kappa shape index (κ1) is 25.6. The predicted molar refractivity (Wildman–Crippen MR) is 139 cm³/mol. The topological polar surface area (TPSA) is 82.1 Å². The van der Waals surface area contributed by atoms with Crippen molar-refractivity contribution < 1.29 is 28.6 Å². The molecule has 1 aliphatic carbocycles. The van der Waals surface area contributed by atoms with Gasteiger partial charge in [0.15, 0.2) is 6.10 Å². The van der Waals surface area contributed by atoms with E-state index in [4.69, 9.17) is 25.8 Å². The lowest BCUT2D eigenvalue weighted by atomic mass is 9.85. The van der Waals surface area contributed by atoms with Crippen LogP contribution in [0.4, 0.5) is 4.79 Å². The monoisotopic (exact) mass is 525 g/mol. The number of benzene rings is 2. The van der Waals surface area contributed by atoms with Crippen LogP contribution in [-0.4, -0.2) is 46.5 Å². The van der Waals surface area contributed by atoms with Gasteiger partial charge in [0.25, 0.3) is 0 Å². The van der Waals surface area contributed by atoms with E-state index in [9.17, 15) is 14.4 Å². The maximum absolute atomic E-state index is 13.4. The molecule has 5 rings (SSSR count). The summed E-state index contributed by atoms with van der Waals surface area (Å²) >= 11 is 6.14. The minimum absolute atomic E-state index is 0.0919. The third kappa shape index (κ3) is 4.81. The highest BCUT2D eigenvalue weighted by molar-refractivity contribution is 6.30. The number of esters is 1. The number of ketones is 1. The summed E-state index contributed by atoms with van der Waals surface area (Å²) in [4.78, 5) is 41.1. The van der Waals surface area contributed by atoms with Gasteiger partial charge < -0.3 is 14.2 Å². The summed E-state index contributed by atoms with van der Waals surface area (Å²) in [6.45, 7) is 9.63. The number of likely N-dealkylation sites (tertiary alicyclic amines) is 1. The number of aryl methyl sites for hydroxylation is 1. The zero-order valence-corrected chi connectivity index (χ0v) is 22.6. The number of Topliss-reactive ketones (excluding diaryl/α,β-unsaturated/α-hetero) is 1. The molecule has 3 aliphatic rings. The van der Waals surface area contributed by atoms with E-state index in [1.54, 1.807) is 26.8 Å². The number of nitrogens with zero attached hydrogens (tertiary/aromatic N) is 1. The first-order chi connectivity index (χ1) is 17.4. The molecular weight excluding hydrogens is 494 g/mol. The van der Waals surface area contributed by atoms with E-state index < -0.39 is 29.8 Å². The highest BCUT2D eigenvalue weighted by Crippen LogP contribution is 2.42. The van der Waals surface area contributed by atoms with E-state index in [2.05, 4.69) is 0 Å². The fourth-order valence-corrected chi connectivity index (χ4v) is 5.65. The van der Waals surface area contributed by atoms with Crippen LogP contribution in [0.15, 0.2) is 30.3 Å². The quantitative estimate of drug-likeness (QED) is 0.449. The normalized spacial score (nSPS) is 24.5. The highest BCUT2D eigenvalue weighted by Gasteiger charge is 2.46. The first-order valence-electron chi connectivity index (χ1n) is 12.8. The van der Waals surface area contributed by atoms with Crippen LogP contribution >= 0.6 is 11.6 Å². The number of hydrogen-bond donors (Lipinski definition) is 0. The Morgan fingerprint density at radius 3 is 2.54 bits per heavy atom. The van der Waals surface area contributed by atoms with E-state index >= 15 is 0 Å². The Hall–Kier alpha value is -3.06. The summed E-state index contributed by atoms with van der Waals surface area (Å²) in [5, 5.41) is 0.653. The number of halogens is 1. The van der Waals surface area contributed by atoms with Gasteiger partial charge in [-0.25, -0.2) is 9.59 Å². The van der Waals surface area contributed by atoms with Crippen molar-refractivity contribution in [3.8, 4) is 16.9 Å². The van der Waals surface area contributed by atoms with Gasteiger partial charge >= 0.3 is 12.1 Å². The first-order valence-corrected chi connectivity index (χ1v) is 13.2. The Labute approximate surface area is 222 Å². The van der Waals surface area contributed by atoms with E-state index in [1.165, 1.54) is 4.90 Å². The van der Waals surface area contributed by atoms with Gasteiger partial charge in [0.05, 0.1) is 0 Å². The second-order valence-corrected chi connectivity index (χ2v) is 11.7. The summed E-state index contributed by atoms with van der Waals surface area (Å²) in [5.41, 5.74) is 3.71. The van der Waals surface area contributed by atoms with Crippen molar-refractivity contribution in [2.24, 2.45) is 5.92 Å². The van der Waals surface area contributed by atoms with Gasteiger partial charge in [0.2, 0.25) is 5.78 Å². The van der Waals surface area contributed by atoms with Crippen LogP contribution in [0.1, 0.15) is 68.9 Å². The molecule has 2 aromatic carbocycles. The van der Waals surface area contributed by atoms with Crippen LogP contribution in [0.2, 0.25) is 5.02 Å². The largest absolute Gasteiger partial charge is 0.488 e. The summed E-state index contributed by atoms with van der Waals surface area (Å²) in [6.07, 6.45) is -0.0183. The van der Waals surface area contributed by atoms with E-state index in [1.807, 2.05) is 38.1 Å². The Morgan fingerprint density at radius 2 is 1.81 bits per heavy atom. The average Bonchev–Trinajstić information content (AvgIpc) is 3.13. The highest BCUT2D eigenvalue weighted by atomic mass is 35.5. The van der Waals surface area contributed by atoms with Gasteiger partial charge in [-0.3, -0.25) is 9.69 Å². The second kappa shape index (κ2) is 9.35. The molecule has 37 heavy (non-hydrogen) atoms. The van der Waals surface area contributed by atoms with Crippen molar-refractivity contribution in [1.29, 1.82) is 0 Å². The van der Waals surface area contributed by atoms with Gasteiger partial charge in [-0.05, 0) is 93.8 Å². The third-order valence-corrected chi connectivity index (χ3v) is 7.74. The summed E-state index contributed by atoms with van der Waals surface area (Å²) < 4.78 is 17.3. The van der Waals surface area contributed by atoms with E-state index in [0.29, 0.717) is 42.2 Å². The Bertz CT molecular complexity index is 1280. The molecule has 0 radical (unpaired) electrons. The van der Waals surface area contributed by atoms with E-state index in [0.717, 1.165) is 22.3 Å². The SMILES string of the molecule is C[C@@H]1CC(C(=O)OC2CCc3cc4c(cc3C2=O)OCc2cc(Cl)ccc2-4)N(C(=O)OC(C)(C)C)[C@@H]1C. The number of carbonyl (C=O) groups excluding carboxylic acids is 3. The van der Waals surface area contributed by atoms with Gasteiger partial charge in [-0.15, -0.1) is 0 Å². The standard InChI is InChI=1S/C29H32ClNO6/c1-15-10-23(31(16(15)2)28(34)37-29(3,4)5)27(33)36-24-9-6-17-12-22-20-8-7-19(30)11-18(20)14-35-25(22)13-21(17)26(24)32/h7-8,11-13,15-16,23-24H,6,9-10,14H2,1-5H3/t15-,16-,23?,24?/m1/s1. The molecule has 0 spiro atoms. The lowest BCUT2D eigenvalue weighted by Crippen LogP contribution is -2.48. The lowest BCUT2D eigenvalue weighted by molar-refractivity contribution is -0.153. The maximum atomic E-state index is 13.4. The minimum Gasteiger partial charge on any atom is -0.488 e. The predicted octanol–water partition coefficient (Wildman–Crippen LogP) is 5.97. The fourth-order valence-electron chi connectivity index (χ4n) is 5.45. The summed E-state index contributed by atoms with van der Waals surface area (Å²) in [6, 6.07) is 8.50. The Morgan fingerprint density at radius 1 is 1.05 bits per heavy atom. The Kier molecular flexibility index (Phi) is 6.47. The fraction of sp³-hybridized carbons (Fsp3) is 0.483. The smallest absolute Gasteiger partial charge is 0.411 e. The molecule has 2 unspecified atom stereocenters. The Balaban J connectivity index is 1.35. The second-order valence-electron chi connectivity index (χ2n) is 11.3. The van der Waals surface area contributed by atoms with Crippen LogP contribution in [-0.2, 0) is 27.3 Å². The van der Waals surface area contributed by atoms with Crippen LogP contribution in [0.25, 0.3) is 11.1 Å². The van der Waals surface area contributed by atoms with Crippen LogP contribution in [0.3, 0.4) is 0 Å². The van der Waals surface area contributed by atoms with Crippen molar-refractivity contribution in [3.05, 3.63) is 52.0 Å². The molecule has 0 saturated carbocycles. The number of rotatable bonds is 2.